The molecule has 2 aliphatic heterocycles. The van der Waals surface area contributed by atoms with Crippen molar-refractivity contribution >= 4 is 23.4 Å². The lowest BCUT2D eigenvalue weighted by Crippen LogP contribution is -2.53. The monoisotopic (exact) mass is 393 g/mol. The molecule has 8 nitrogen and oxygen atoms in total. The van der Waals surface area contributed by atoms with Crippen molar-refractivity contribution in [2.24, 2.45) is 0 Å². The lowest BCUT2D eigenvalue weighted by molar-refractivity contribution is -0.119. The van der Waals surface area contributed by atoms with Crippen molar-refractivity contribution in [1.82, 2.24) is 16.0 Å². The van der Waals surface area contributed by atoms with Gasteiger partial charge in [0.2, 0.25) is 5.91 Å². The van der Waals surface area contributed by atoms with E-state index in [0.717, 1.165) is 19.6 Å². The minimum atomic E-state index is -0.535. The second-order valence-electron chi connectivity index (χ2n) is 7.08. The van der Waals surface area contributed by atoms with Crippen LogP contribution in [0.25, 0.3) is 0 Å². The number of benzene rings is 1. The fraction of sp³-hybridized carbons (Fsp3) is 0.579. The molecule has 2 amide bonds. The lowest BCUT2D eigenvalue weighted by atomic mass is 10.1. The van der Waals surface area contributed by atoms with Crippen LogP contribution in [0.3, 0.4) is 0 Å². The summed E-state index contributed by atoms with van der Waals surface area (Å²) in [4.78, 5) is 26.5. The van der Waals surface area contributed by atoms with Crippen molar-refractivity contribution in [2.75, 3.05) is 55.6 Å². The quantitative estimate of drug-likeness (QED) is 0.632. The Bertz CT molecular complexity index is 711. The number of anilines is 2. The number of carbonyl (C=O) groups excluding carboxylic acids is 2. The van der Waals surface area contributed by atoms with E-state index in [1.807, 2.05) is 11.8 Å². The number of likely N-dealkylation sites (N-methyl/N-ethyl adjacent to an activating group) is 1. The molecule has 0 saturated carbocycles. The number of rotatable bonds is 7. The average Bonchev–Trinajstić information content (AvgIpc) is 3.06. The maximum Gasteiger partial charge on any atom is 0.414 e. The Morgan fingerprint density at radius 1 is 1.43 bits per heavy atom. The van der Waals surface area contributed by atoms with Crippen molar-refractivity contribution in [3.8, 4) is 0 Å². The molecule has 1 aromatic carbocycles. The SMILES string of the molecule is CCN(C[C@@H]1CNCCN1)c1ccc(N2CC(CNC(C)=O)OC2=O)cc1F. The van der Waals surface area contributed by atoms with Crippen molar-refractivity contribution in [1.29, 1.82) is 0 Å². The topological polar surface area (TPSA) is 85.9 Å². The van der Waals surface area contributed by atoms with Gasteiger partial charge in [0.25, 0.3) is 0 Å². The van der Waals surface area contributed by atoms with Gasteiger partial charge in [-0.1, -0.05) is 0 Å². The van der Waals surface area contributed by atoms with Crippen LogP contribution in [0, 0.1) is 5.82 Å². The van der Waals surface area contributed by atoms with Gasteiger partial charge in [0.1, 0.15) is 11.9 Å². The van der Waals surface area contributed by atoms with Gasteiger partial charge in [-0.3, -0.25) is 9.69 Å². The number of halogens is 1. The Kier molecular flexibility index (Phi) is 6.69. The third-order valence-corrected chi connectivity index (χ3v) is 4.98. The highest BCUT2D eigenvalue weighted by Crippen LogP contribution is 2.28. The van der Waals surface area contributed by atoms with Gasteiger partial charge in [-0.05, 0) is 25.1 Å². The molecule has 28 heavy (non-hydrogen) atoms. The first kappa shape index (κ1) is 20.3. The van der Waals surface area contributed by atoms with Gasteiger partial charge in [-0.2, -0.15) is 0 Å². The molecule has 3 N–H and O–H groups in total. The van der Waals surface area contributed by atoms with Crippen LogP contribution in [0.15, 0.2) is 18.2 Å². The first-order valence-electron chi connectivity index (χ1n) is 9.69. The maximum absolute atomic E-state index is 14.9. The van der Waals surface area contributed by atoms with Crippen molar-refractivity contribution < 1.29 is 18.7 Å². The Morgan fingerprint density at radius 2 is 2.25 bits per heavy atom. The predicted octanol–water partition coefficient (Wildman–Crippen LogP) is 0.675. The van der Waals surface area contributed by atoms with Crippen LogP contribution in [0.2, 0.25) is 0 Å². The van der Waals surface area contributed by atoms with Gasteiger partial charge in [0.15, 0.2) is 0 Å². The van der Waals surface area contributed by atoms with Crippen LogP contribution in [-0.4, -0.2) is 70.0 Å². The zero-order chi connectivity index (χ0) is 20.1. The molecule has 0 bridgehead atoms. The highest BCUT2D eigenvalue weighted by Gasteiger charge is 2.33. The summed E-state index contributed by atoms with van der Waals surface area (Å²) in [5, 5.41) is 9.40. The summed E-state index contributed by atoms with van der Waals surface area (Å²) in [5.74, 6) is -0.562. The van der Waals surface area contributed by atoms with Gasteiger partial charge < -0.3 is 25.6 Å². The molecule has 0 spiro atoms. The highest BCUT2D eigenvalue weighted by atomic mass is 19.1. The molecule has 0 aromatic heterocycles. The molecule has 2 saturated heterocycles. The largest absolute Gasteiger partial charge is 0.442 e. The van der Waals surface area contributed by atoms with Gasteiger partial charge in [-0.25, -0.2) is 9.18 Å². The van der Waals surface area contributed by atoms with Crippen LogP contribution < -0.4 is 25.8 Å². The number of hydrogen-bond acceptors (Lipinski definition) is 6. The van der Waals surface area contributed by atoms with Gasteiger partial charge >= 0.3 is 6.09 Å². The van der Waals surface area contributed by atoms with E-state index in [1.165, 1.54) is 17.9 Å². The van der Waals surface area contributed by atoms with E-state index in [0.29, 0.717) is 24.5 Å². The van der Waals surface area contributed by atoms with E-state index >= 15 is 0 Å². The Labute approximate surface area is 164 Å². The zero-order valence-corrected chi connectivity index (χ0v) is 16.3. The molecule has 0 aliphatic carbocycles. The second kappa shape index (κ2) is 9.20. The van der Waals surface area contributed by atoms with E-state index < -0.39 is 12.2 Å². The van der Waals surface area contributed by atoms with Crippen LogP contribution in [0.5, 0.6) is 0 Å². The van der Waals surface area contributed by atoms with E-state index in [2.05, 4.69) is 16.0 Å². The minimum absolute atomic E-state index is 0.188. The van der Waals surface area contributed by atoms with Crippen molar-refractivity contribution in [3.63, 3.8) is 0 Å². The van der Waals surface area contributed by atoms with Crippen LogP contribution in [-0.2, 0) is 9.53 Å². The molecule has 2 heterocycles. The fourth-order valence-electron chi connectivity index (χ4n) is 3.52. The summed E-state index contributed by atoms with van der Waals surface area (Å²) >= 11 is 0. The number of cyclic esters (lactones) is 1. The normalized spacial score (nSPS) is 22.1. The summed E-state index contributed by atoms with van der Waals surface area (Å²) in [6, 6.07) is 5.07. The van der Waals surface area contributed by atoms with Crippen molar-refractivity contribution in [2.45, 2.75) is 26.0 Å². The van der Waals surface area contributed by atoms with Crippen molar-refractivity contribution in [3.05, 3.63) is 24.0 Å². The molecule has 1 aromatic rings. The zero-order valence-electron chi connectivity index (χ0n) is 16.3. The molecule has 2 fully saturated rings. The number of nitrogens with one attached hydrogen (secondary N) is 3. The summed E-state index contributed by atoms with van der Waals surface area (Å²) in [6.45, 7) is 7.99. The van der Waals surface area contributed by atoms with Crippen LogP contribution >= 0.6 is 0 Å². The van der Waals surface area contributed by atoms with E-state index in [-0.39, 0.29) is 30.9 Å². The average molecular weight is 393 g/mol. The molecule has 1 unspecified atom stereocenters. The summed E-state index contributed by atoms with van der Waals surface area (Å²) < 4.78 is 20.1. The van der Waals surface area contributed by atoms with Gasteiger partial charge in [0, 0.05) is 45.7 Å². The third kappa shape index (κ3) is 4.90. The molecular formula is C19H28FN5O3. The summed E-state index contributed by atoms with van der Waals surface area (Å²) in [7, 11) is 0. The molecular weight excluding hydrogens is 365 g/mol. The molecule has 154 valence electrons. The van der Waals surface area contributed by atoms with Gasteiger partial charge in [0.05, 0.1) is 24.5 Å². The third-order valence-electron chi connectivity index (χ3n) is 4.98. The first-order chi connectivity index (χ1) is 13.5. The number of carbonyl (C=O) groups is 2. The molecule has 2 aliphatic rings. The minimum Gasteiger partial charge on any atom is -0.442 e. The maximum atomic E-state index is 14.9. The number of ether oxygens (including phenoxy) is 1. The van der Waals surface area contributed by atoms with E-state index in [9.17, 15) is 14.0 Å². The Hall–Kier alpha value is -2.39. The standard InChI is InChI=1S/C19H28FN5O3/c1-3-24(11-14-9-21-6-7-22-14)18-5-4-15(8-17(18)20)25-12-16(28-19(25)27)10-23-13(2)26/h4-5,8,14,16,21-22H,3,6-7,9-12H2,1-2H3,(H,23,26)/t14-,16?/m0/s1. The predicted molar refractivity (Wildman–Crippen MR) is 105 cm³/mol. The Balaban J connectivity index is 1.67. The number of hydrogen-bond donors (Lipinski definition) is 3. The molecule has 0 radical (unpaired) electrons. The van der Waals surface area contributed by atoms with Gasteiger partial charge in [-0.15, -0.1) is 0 Å². The fourth-order valence-corrected chi connectivity index (χ4v) is 3.52. The Morgan fingerprint density at radius 3 is 2.89 bits per heavy atom. The number of amides is 2. The second-order valence-corrected chi connectivity index (χ2v) is 7.08. The summed E-state index contributed by atoms with van der Waals surface area (Å²) in [6.07, 6.45) is -0.983. The van der Waals surface area contributed by atoms with E-state index in [1.54, 1.807) is 12.1 Å². The number of nitrogens with zero attached hydrogens (tertiary/aromatic N) is 2. The molecule has 3 rings (SSSR count). The van der Waals surface area contributed by atoms with Crippen LogP contribution in [0.4, 0.5) is 20.6 Å². The number of piperazine rings is 1. The van der Waals surface area contributed by atoms with Crippen LogP contribution in [0.1, 0.15) is 13.8 Å². The lowest BCUT2D eigenvalue weighted by Gasteiger charge is -2.32. The first-order valence-corrected chi connectivity index (χ1v) is 9.69. The highest BCUT2D eigenvalue weighted by molar-refractivity contribution is 5.90. The molecule has 9 heteroatoms. The van der Waals surface area contributed by atoms with E-state index in [4.69, 9.17) is 4.74 Å². The molecule has 2 atom stereocenters. The smallest absolute Gasteiger partial charge is 0.414 e. The summed E-state index contributed by atoms with van der Waals surface area (Å²) in [5.41, 5.74) is 0.964.